The van der Waals surface area contributed by atoms with Crippen LogP contribution in [0, 0.1) is 17.8 Å². The molecule has 1 unspecified atom stereocenters. The fraction of sp³-hybridized carbons (Fsp3) is 0.750. The number of fused-ring (bicyclic) bond motifs is 1. The van der Waals surface area contributed by atoms with Crippen molar-refractivity contribution in [2.45, 2.75) is 95.7 Å². The predicted molar refractivity (Wildman–Crippen MR) is 144 cm³/mol. The number of aliphatic hydroxyl groups excluding tert-OH is 1. The minimum absolute atomic E-state index is 0.0498. The predicted octanol–water partition coefficient (Wildman–Crippen LogP) is 3.88. The van der Waals surface area contributed by atoms with E-state index < -0.39 is 16.1 Å². The molecule has 1 aromatic rings. The van der Waals surface area contributed by atoms with Crippen LogP contribution in [-0.2, 0) is 14.8 Å². The van der Waals surface area contributed by atoms with Gasteiger partial charge in [0.25, 0.3) is 0 Å². The molecule has 1 saturated carbocycles. The number of piperidine rings is 1. The summed E-state index contributed by atoms with van der Waals surface area (Å²) in [6, 6.07) is 8.23. The third-order valence-corrected chi connectivity index (χ3v) is 9.26. The van der Waals surface area contributed by atoms with Crippen molar-refractivity contribution in [3.8, 4) is 0 Å². The summed E-state index contributed by atoms with van der Waals surface area (Å²) in [6.07, 6.45) is 5.38. The largest absolute Gasteiger partial charge is 0.392 e. The monoisotopic (exact) mass is 521 g/mol. The molecule has 0 spiro atoms. The fourth-order valence-corrected chi connectivity index (χ4v) is 7.40. The highest BCUT2D eigenvalue weighted by Crippen LogP contribution is 2.38. The molecule has 0 bridgehead atoms. The maximum atomic E-state index is 13.3. The number of benzene rings is 1. The number of nitrogens with zero attached hydrogens (tertiary/aromatic N) is 2. The summed E-state index contributed by atoms with van der Waals surface area (Å²) in [5.74, 6) is 1.39. The van der Waals surface area contributed by atoms with Gasteiger partial charge in [0.1, 0.15) is 0 Å². The van der Waals surface area contributed by atoms with E-state index in [1.807, 2.05) is 34.6 Å². The Kier molecular flexibility index (Phi) is 10.00. The minimum Gasteiger partial charge on any atom is -0.392 e. The molecule has 2 aliphatic rings. The second kappa shape index (κ2) is 12.4. The molecule has 1 heterocycles. The zero-order valence-corrected chi connectivity index (χ0v) is 23.6. The van der Waals surface area contributed by atoms with Crippen LogP contribution in [0.25, 0.3) is 0 Å². The zero-order valence-electron chi connectivity index (χ0n) is 22.8. The summed E-state index contributed by atoms with van der Waals surface area (Å²) in [5, 5.41) is 14.1. The van der Waals surface area contributed by atoms with Gasteiger partial charge in [-0.3, -0.25) is 9.69 Å². The second-order valence-corrected chi connectivity index (χ2v) is 14.2. The van der Waals surface area contributed by atoms with Crippen LogP contribution in [0.1, 0.15) is 73.1 Å². The van der Waals surface area contributed by atoms with Crippen molar-refractivity contribution in [1.29, 1.82) is 0 Å². The van der Waals surface area contributed by atoms with Gasteiger partial charge in [0, 0.05) is 31.7 Å². The van der Waals surface area contributed by atoms with Gasteiger partial charge in [-0.1, -0.05) is 51.3 Å². The molecule has 1 aromatic carbocycles. The number of rotatable bonds is 10. The molecule has 7 nitrogen and oxygen atoms in total. The Morgan fingerprint density at radius 2 is 1.75 bits per heavy atom. The molecule has 1 saturated heterocycles. The van der Waals surface area contributed by atoms with Crippen molar-refractivity contribution < 1.29 is 18.3 Å². The van der Waals surface area contributed by atoms with Crippen molar-refractivity contribution in [2.75, 3.05) is 26.2 Å². The van der Waals surface area contributed by atoms with Crippen molar-refractivity contribution in [1.82, 2.24) is 14.5 Å². The molecular weight excluding hydrogens is 474 g/mol. The lowest BCUT2D eigenvalue weighted by molar-refractivity contribution is -0.131. The van der Waals surface area contributed by atoms with Gasteiger partial charge < -0.3 is 10.4 Å². The average Bonchev–Trinajstić information content (AvgIpc) is 2.81. The van der Waals surface area contributed by atoms with E-state index in [-0.39, 0.29) is 34.8 Å². The second-order valence-electron chi connectivity index (χ2n) is 12.3. The molecule has 0 radical (unpaired) electrons. The van der Waals surface area contributed by atoms with Crippen LogP contribution in [-0.4, -0.2) is 72.5 Å². The van der Waals surface area contributed by atoms with E-state index in [1.54, 1.807) is 30.3 Å². The first-order valence-electron chi connectivity index (χ1n) is 13.7. The number of amides is 1. The number of nitrogens with one attached hydrogen (secondary N) is 1. The molecule has 1 aliphatic heterocycles. The van der Waals surface area contributed by atoms with Crippen molar-refractivity contribution >= 4 is 15.9 Å². The first-order chi connectivity index (χ1) is 16.9. The van der Waals surface area contributed by atoms with Gasteiger partial charge in [0.05, 0.1) is 17.0 Å². The van der Waals surface area contributed by atoms with Crippen molar-refractivity contribution in [3.63, 3.8) is 0 Å². The summed E-state index contributed by atoms with van der Waals surface area (Å²) < 4.78 is 28.0. The summed E-state index contributed by atoms with van der Waals surface area (Å²) in [7, 11) is -3.70. The maximum Gasteiger partial charge on any atom is 0.243 e. The van der Waals surface area contributed by atoms with E-state index in [4.69, 9.17) is 0 Å². The Morgan fingerprint density at radius 3 is 2.36 bits per heavy atom. The van der Waals surface area contributed by atoms with E-state index in [2.05, 4.69) is 10.2 Å². The molecule has 0 aromatic heterocycles. The summed E-state index contributed by atoms with van der Waals surface area (Å²) in [6.45, 7) is 11.8. The van der Waals surface area contributed by atoms with Crippen molar-refractivity contribution in [3.05, 3.63) is 30.3 Å². The van der Waals surface area contributed by atoms with E-state index in [1.165, 1.54) is 30.0 Å². The van der Waals surface area contributed by atoms with Crippen LogP contribution < -0.4 is 5.32 Å². The van der Waals surface area contributed by atoms with E-state index in [9.17, 15) is 18.3 Å². The van der Waals surface area contributed by atoms with E-state index >= 15 is 0 Å². The number of sulfonamides is 1. The van der Waals surface area contributed by atoms with Gasteiger partial charge in [0.2, 0.25) is 15.9 Å². The van der Waals surface area contributed by atoms with Crippen LogP contribution in [0.15, 0.2) is 35.2 Å². The van der Waals surface area contributed by atoms with Crippen LogP contribution >= 0.6 is 0 Å². The first-order valence-corrected chi connectivity index (χ1v) is 15.1. The van der Waals surface area contributed by atoms with E-state index in [0.717, 1.165) is 13.0 Å². The highest BCUT2D eigenvalue weighted by Gasteiger charge is 2.40. The van der Waals surface area contributed by atoms with Gasteiger partial charge in [-0.05, 0) is 69.9 Å². The summed E-state index contributed by atoms with van der Waals surface area (Å²) in [5.41, 5.74) is -0.297. The molecule has 8 heteroatoms. The molecule has 1 aliphatic carbocycles. The number of hydrogen-bond donors (Lipinski definition) is 2. The molecule has 1 amide bonds. The third-order valence-electron chi connectivity index (χ3n) is 7.42. The highest BCUT2D eigenvalue weighted by atomic mass is 32.2. The SMILES string of the molecule is CC(C)CN(CC(O)CCN1C[C@H]2CCCC[C@H]2C[C@H]1C(=O)NC(C)(C)C)S(=O)(=O)c1ccccc1. The van der Waals surface area contributed by atoms with Crippen LogP contribution in [0.5, 0.6) is 0 Å². The van der Waals surface area contributed by atoms with Crippen LogP contribution in [0.4, 0.5) is 0 Å². The fourth-order valence-electron chi connectivity index (χ4n) is 5.73. The molecule has 36 heavy (non-hydrogen) atoms. The zero-order chi connectivity index (χ0) is 26.5. The Bertz CT molecular complexity index is 945. The van der Waals surface area contributed by atoms with E-state index in [0.29, 0.717) is 31.3 Å². The highest BCUT2D eigenvalue weighted by molar-refractivity contribution is 7.89. The lowest BCUT2D eigenvalue weighted by atomic mass is 9.72. The number of carbonyl (C=O) groups is 1. The molecule has 2 N–H and O–H groups in total. The lowest BCUT2D eigenvalue weighted by Crippen LogP contribution is -2.57. The third kappa shape index (κ3) is 8.01. The summed E-state index contributed by atoms with van der Waals surface area (Å²) in [4.78, 5) is 15.7. The van der Waals surface area contributed by atoms with Gasteiger partial charge in [-0.15, -0.1) is 0 Å². The lowest BCUT2D eigenvalue weighted by Gasteiger charge is -2.46. The number of aliphatic hydroxyl groups is 1. The Hall–Kier alpha value is -1.48. The standard InChI is InChI=1S/C28H47N3O4S/c1-21(2)18-31(36(34,35)25-13-7-6-8-14-25)20-24(32)15-16-30-19-23-12-10-9-11-22(23)17-26(30)27(33)29-28(3,4)5/h6-8,13-14,21-24,26,32H,9-12,15-20H2,1-5H3,(H,29,33)/t22-,23+,24?,26-/m0/s1. The van der Waals surface area contributed by atoms with Crippen LogP contribution in [0.2, 0.25) is 0 Å². The quantitative estimate of drug-likeness (QED) is 0.488. The average molecular weight is 522 g/mol. The minimum atomic E-state index is -3.70. The molecule has 2 fully saturated rings. The molecule has 4 atom stereocenters. The Balaban J connectivity index is 1.68. The number of carbonyl (C=O) groups excluding carboxylic acids is 1. The summed E-state index contributed by atoms with van der Waals surface area (Å²) >= 11 is 0. The van der Waals surface area contributed by atoms with Crippen LogP contribution in [0.3, 0.4) is 0 Å². The van der Waals surface area contributed by atoms with Crippen molar-refractivity contribution in [2.24, 2.45) is 17.8 Å². The Morgan fingerprint density at radius 1 is 1.11 bits per heavy atom. The number of hydrogen-bond acceptors (Lipinski definition) is 5. The topological polar surface area (TPSA) is 89.9 Å². The molecule has 3 rings (SSSR count). The molecular formula is C28H47N3O4S. The van der Waals surface area contributed by atoms with Gasteiger partial charge >= 0.3 is 0 Å². The van der Waals surface area contributed by atoms with Gasteiger partial charge in [0.15, 0.2) is 0 Å². The Labute approximate surface area is 218 Å². The normalized spacial score (nSPS) is 24.5. The first kappa shape index (κ1) is 29.1. The smallest absolute Gasteiger partial charge is 0.243 e. The van der Waals surface area contributed by atoms with Gasteiger partial charge in [-0.2, -0.15) is 4.31 Å². The number of likely N-dealkylation sites (tertiary alicyclic amines) is 1. The van der Waals surface area contributed by atoms with Gasteiger partial charge in [-0.25, -0.2) is 8.42 Å². The maximum absolute atomic E-state index is 13.3. The molecule has 204 valence electrons.